The van der Waals surface area contributed by atoms with E-state index in [9.17, 15) is 8.42 Å². The van der Waals surface area contributed by atoms with Gasteiger partial charge in [-0.3, -0.25) is 0 Å². The maximum absolute atomic E-state index is 10.7. The first-order valence-electron chi connectivity index (χ1n) is 5.20. The van der Waals surface area contributed by atoms with Crippen molar-refractivity contribution in [1.82, 2.24) is 4.90 Å². The van der Waals surface area contributed by atoms with Gasteiger partial charge in [-0.05, 0) is 32.9 Å². The summed E-state index contributed by atoms with van der Waals surface area (Å²) in [6.07, 6.45) is 3.14. The lowest BCUT2D eigenvalue weighted by Gasteiger charge is -2.19. The zero-order valence-electron chi connectivity index (χ0n) is 8.99. The molecule has 0 amide bonds. The summed E-state index contributed by atoms with van der Waals surface area (Å²) in [6.45, 7) is 2.47. The van der Waals surface area contributed by atoms with Crippen LogP contribution in [0.5, 0.6) is 0 Å². The van der Waals surface area contributed by atoms with Crippen molar-refractivity contribution in [1.29, 1.82) is 0 Å². The lowest BCUT2D eigenvalue weighted by molar-refractivity contribution is 0.0813. The molecule has 0 aromatic heterocycles. The zero-order chi connectivity index (χ0) is 11.3. The average Bonchev–Trinajstić information content (AvgIpc) is 2.54. The van der Waals surface area contributed by atoms with Gasteiger partial charge in [0.15, 0.2) is 0 Å². The summed E-state index contributed by atoms with van der Waals surface area (Å²) in [7, 11) is 3.76. The van der Waals surface area contributed by atoms with E-state index in [0.717, 1.165) is 32.5 Å². The highest BCUT2D eigenvalue weighted by molar-refractivity contribution is 8.13. The molecule has 0 bridgehead atoms. The van der Waals surface area contributed by atoms with Crippen LogP contribution in [-0.4, -0.2) is 51.9 Å². The predicted octanol–water partition coefficient (Wildman–Crippen LogP) is 1.06. The summed E-state index contributed by atoms with van der Waals surface area (Å²) in [4.78, 5) is 2.10. The first kappa shape index (κ1) is 13.2. The Hall–Kier alpha value is 0.160. The molecule has 1 heterocycles. The third-order valence-corrected chi connectivity index (χ3v) is 3.71. The van der Waals surface area contributed by atoms with E-state index in [-0.39, 0.29) is 5.75 Å². The quantitative estimate of drug-likeness (QED) is 0.666. The van der Waals surface area contributed by atoms with E-state index < -0.39 is 9.05 Å². The summed E-state index contributed by atoms with van der Waals surface area (Å²) in [5, 5.41) is 0. The zero-order valence-corrected chi connectivity index (χ0v) is 10.6. The molecule has 0 saturated carbocycles. The molecule has 0 radical (unpaired) electrons. The molecular formula is C9H18ClNO3S. The van der Waals surface area contributed by atoms with Crippen LogP contribution in [0.2, 0.25) is 0 Å². The second kappa shape index (κ2) is 6.03. The molecule has 0 aromatic rings. The van der Waals surface area contributed by atoms with Gasteiger partial charge < -0.3 is 9.64 Å². The molecule has 90 valence electrons. The van der Waals surface area contributed by atoms with E-state index in [1.54, 1.807) is 0 Å². The first-order chi connectivity index (χ1) is 6.97. The average molecular weight is 256 g/mol. The normalized spacial score (nSPS) is 22.5. The lowest BCUT2D eigenvalue weighted by Crippen LogP contribution is -2.30. The Morgan fingerprint density at radius 3 is 2.80 bits per heavy atom. The van der Waals surface area contributed by atoms with Crippen molar-refractivity contribution >= 4 is 19.7 Å². The van der Waals surface area contributed by atoms with Crippen LogP contribution in [0.1, 0.15) is 19.3 Å². The third-order valence-electron chi connectivity index (χ3n) is 2.47. The summed E-state index contributed by atoms with van der Waals surface area (Å²) in [5.41, 5.74) is 0. The summed E-state index contributed by atoms with van der Waals surface area (Å²) >= 11 is 0. The first-order valence-corrected chi connectivity index (χ1v) is 7.68. The van der Waals surface area contributed by atoms with Gasteiger partial charge in [0.2, 0.25) is 9.05 Å². The fraction of sp³-hybridized carbons (Fsp3) is 1.00. The molecular weight excluding hydrogens is 238 g/mol. The second-order valence-electron chi connectivity index (χ2n) is 3.99. The van der Waals surface area contributed by atoms with Gasteiger partial charge >= 0.3 is 0 Å². The molecule has 1 saturated heterocycles. The van der Waals surface area contributed by atoms with Crippen molar-refractivity contribution in [3.05, 3.63) is 0 Å². The van der Waals surface area contributed by atoms with Gasteiger partial charge in [-0.25, -0.2) is 8.42 Å². The van der Waals surface area contributed by atoms with Gasteiger partial charge in [0, 0.05) is 23.8 Å². The second-order valence-corrected chi connectivity index (χ2v) is 6.89. The van der Waals surface area contributed by atoms with Crippen LogP contribution in [0.15, 0.2) is 0 Å². The van der Waals surface area contributed by atoms with Crippen molar-refractivity contribution in [2.45, 2.75) is 25.4 Å². The fourth-order valence-corrected chi connectivity index (χ4v) is 2.54. The highest BCUT2D eigenvalue weighted by atomic mass is 35.7. The molecule has 0 N–H and O–H groups in total. The maximum Gasteiger partial charge on any atom is 0.232 e. The largest absolute Gasteiger partial charge is 0.377 e. The van der Waals surface area contributed by atoms with Crippen molar-refractivity contribution in [2.24, 2.45) is 0 Å². The standard InChI is InChI=1S/C9H18ClNO3S/c1-11(5-3-7-15(10,12)13)8-9-4-2-6-14-9/h9H,2-8H2,1H3. The van der Waals surface area contributed by atoms with Crippen molar-refractivity contribution in [2.75, 3.05) is 32.5 Å². The van der Waals surface area contributed by atoms with Crippen LogP contribution >= 0.6 is 10.7 Å². The molecule has 1 unspecified atom stereocenters. The molecule has 6 heteroatoms. The van der Waals surface area contributed by atoms with Crippen LogP contribution in [0, 0.1) is 0 Å². The van der Waals surface area contributed by atoms with Gasteiger partial charge in [0.05, 0.1) is 11.9 Å². The van der Waals surface area contributed by atoms with Gasteiger partial charge in [-0.1, -0.05) is 0 Å². The summed E-state index contributed by atoms with van der Waals surface area (Å²) in [5.74, 6) is 0.0461. The summed E-state index contributed by atoms with van der Waals surface area (Å²) < 4.78 is 26.8. The molecule has 1 atom stereocenters. The van der Waals surface area contributed by atoms with Gasteiger partial charge in [-0.15, -0.1) is 0 Å². The van der Waals surface area contributed by atoms with E-state index >= 15 is 0 Å². The number of halogens is 1. The van der Waals surface area contributed by atoms with Gasteiger partial charge in [0.25, 0.3) is 0 Å². The van der Waals surface area contributed by atoms with Crippen molar-refractivity contribution in [3.8, 4) is 0 Å². The highest BCUT2D eigenvalue weighted by Crippen LogP contribution is 2.12. The van der Waals surface area contributed by atoms with E-state index in [2.05, 4.69) is 4.90 Å². The molecule has 1 fully saturated rings. The molecule has 0 aromatic carbocycles. The Morgan fingerprint density at radius 1 is 1.53 bits per heavy atom. The molecule has 15 heavy (non-hydrogen) atoms. The monoisotopic (exact) mass is 255 g/mol. The van der Waals surface area contributed by atoms with Crippen LogP contribution in [0.25, 0.3) is 0 Å². The smallest absolute Gasteiger partial charge is 0.232 e. The molecule has 1 aliphatic rings. The number of ether oxygens (including phenoxy) is 1. The Bertz CT molecular complexity index is 275. The molecule has 4 nitrogen and oxygen atoms in total. The number of nitrogens with zero attached hydrogens (tertiary/aromatic N) is 1. The minimum Gasteiger partial charge on any atom is -0.377 e. The van der Waals surface area contributed by atoms with E-state index in [0.29, 0.717) is 12.5 Å². The third kappa shape index (κ3) is 6.35. The summed E-state index contributed by atoms with van der Waals surface area (Å²) in [6, 6.07) is 0. The van der Waals surface area contributed by atoms with Crippen LogP contribution in [0.4, 0.5) is 0 Å². The Balaban J connectivity index is 2.10. The van der Waals surface area contributed by atoms with Crippen molar-refractivity contribution < 1.29 is 13.2 Å². The van der Waals surface area contributed by atoms with Crippen LogP contribution in [-0.2, 0) is 13.8 Å². The van der Waals surface area contributed by atoms with E-state index in [4.69, 9.17) is 15.4 Å². The van der Waals surface area contributed by atoms with Gasteiger partial charge in [-0.2, -0.15) is 0 Å². The number of rotatable bonds is 6. The van der Waals surface area contributed by atoms with Crippen LogP contribution in [0.3, 0.4) is 0 Å². The minimum atomic E-state index is -3.33. The number of hydrogen-bond donors (Lipinski definition) is 0. The van der Waals surface area contributed by atoms with Crippen LogP contribution < -0.4 is 0 Å². The fourth-order valence-electron chi connectivity index (χ4n) is 1.73. The molecule has 1 aliphatic heterocycles. The number of hydrogen-bond acceptors (Lipinski definition) is 4. The topological polar surface area (TPSA) is 46.6 Å². The lowest BCUT2D eigenvalue weighted by atomic mass is 10.2. The maximum atomic E-state index is 10.7. The van der Waals surface area contributed by atoms with E-state index in [1.165, 1.54) is 0 Å². The predicted molar refractivity (Wildman–Crippen MR) is 60.7 cm³/mol. The molecule has 0 spiro atoms. The number of likely N-dealkylation sites (N-methyl/N-ethyl adjacent to an activating group) is 1. The van der Waals surface area contributed by atoms with Crippen molar-refractivity contribution in [3.63, 3.8) is 0 Å². The highest BCUT2D eigenvalue weighted by Gasteiger charge is 2.17. The molecule has 1 rings (SSSR count). The Kier molecular flexibility index (Phi) is 5.32. The Morgan fingerprint density at radius 2 is 2.27 bits per heavy atom. The van der Waals surface area contributed by atoms with E-state index in [1.807, 2.05) is 7.05 Å². The molecule has 0 aliphatic carbocycles. The minimum absolute atomic E-state index is 0.0461. The van der Waals surface area contributed by atoms with Gasteiger partial charge in [0.1, 0.15) is 0 Å². The SMILES string of the molecule is CN(CCCS(=O)(=O)Cl)CC1CCCO1. The Labute approximate surface area is 96.0 Å².